The lowest BCUT2D eigenvalue weighted by Gasteiger charge is -2.10. The van der Waals surface area contributed by atoms with Gasteiger partial charge in [-0.1, -0.05) is 59.6 Å². The minimum Gasteiger partial charge on any atom is -0.457 e. The molecule has 0 unspecified atom stereocenters. The van der Waals surface area contributed by atoms with Crippen LogP contribution in [0.5, 0.6) is 0 Å². The molecule has 0 amide bonds. The number of hydrogen-bond acceptors (Lipinski definition) is 5. The van der Waals surface area contributed by atoms with Crippen molar-refractivity contribution >= 4 is 39.2 Å². The number of carbonyl (C=O) groups excluding carboxylic acids is 1. The molecule has 0 atom stereocenters. The SMILES string of the molecule is O=C(OCc1ccc(Cl)nc1)c1ccc(Cl)c(S(=O)(=O)NCc2ccccc2)c1. The van der Waals surface area contributed by atoms with Gasteiger partial charge in [0.2, 0.25) is 10.0 Å². The number of nitrogens with zero attached hydrogens (tertiary/aromatic N) is 1. The second-order valence-electron chi connectivity index (χ2n) is 6.02. The number of sulfonamides is 1. The molecule has 3 aromatic rings. The molecule has 6 nitrogen and oxygen atoms in total. The third-order valence-corrected chi connectivity index (χ3v) is 6.03. The Bertz CT molecular complexity index is 1110. The molecule has 0 radical (unpaired) electrons. The Labute approximate surface area is 178 Å². The number of nitrogens with one attached hydrogen (secondary N) is 1. The van der Waals surface area contributed by atoms with Crippen molar-refractivity contribution < 1.29 is 17.9 Å². The molecule has 0 bridgehead atoms. The van der Waals surface area contributed by atoms with Crippen LogP contribution in [0.4, 0.5) is 0 Å². The highest BCUT2D eigenvalue weighted by atomic mass is 35.5. The van der Waals surface area contributed by atoms with E-state index < -0.39 is 16.0 Å². The highest BCUT2D eigenvalue weighted by molar-refractivity contribution is 7.89. The first-order valence-electron chi connectivity index (χ1n) is 8.46. The molecule has 1 heterocycles. The van der Waals surface area contributed by atoms with Gasteiger partial charge in [-0.25, -0.2) is 22.9 Å². The zero-order valence-corrected chi connectivity index (χ0v) is 17.3. The van der Waals surface area contributed by atoms with Crippen LogP contribution in [0.25, 0.3) is 0 Å². The second-order valence-corrected chi connectivity index (χ2v) is 8.55. The molecule has 0 aliphatic heterocycles. The molecule has 3 rings (SSSR count). The van der Waals surface area contributed by atoms with Gasteiger partial charge in [-0.15, -0.1) is 0 Å². The van der Waals surface area contributed by atoms with E-state index >= 15 is 0 Å². The van der Waals surface area contributed by atoms with Crippen molar-refractivity contribution in [2.24, 2.45) is 0 Å². The number of rotatable bonds is 7. The Hall–Kier alpha value is -2.45. The van der Waals surface area contributed by atoms with E-state index in [4.69, 9.17) is 27.9 Å². The molecule has 0 aliphatic carbocycles. The van der Waals surface area contributed by atoms with Gasteiger partial charge < -0.3 is 4.74 Å². The summed E-state index contributed by atoms with van der Waals surface area (Å²) in [6.45, 7) is 0.0672. The van der Waals surface area contributed by atoms with Crippen LogP contribution in [-0.4, -0.2) is 19.4 Å². The predicted molar refractivity (Wildman–Crippen MR) is 110 cm³/mol. The van der Waals surface area contributed by atoms with Gasteiger partial charge in [-0.05, 0) is 29.8 Å². The van der Waals surface area contributed by atoms with Crippen molar-refractivity contribution in [3.63, 3.8) is 0 Å². The van der Waals surface area contributed by atoms with Crippen molar-refractivity contribution in [1.82, 2.24) is 9.71 Å². The van der Waals surface area contributed by atoms with Gasteiger partial charge >= 0.3 is 5.97 Å². The Kier molecular flexibility index (Phi) is 6.87. The topological polar surface area (TPSA) is 85.4 Å². The first-order valence-corrected chi connectivity index (χ1v) is 10.7. The van der Waals surface area contributed by atoms with E-state index in [-0.39, 0.29) is 28.6 Å². The van der Waals surface area contributed by atoms with E-state index in [1.165, 1.54) is 24.4 Å². The maximum atomic E-state index is 12.6. The summed E-state index contributed by atoms with van der Waals surface area (Å²) < 4.78 is 33.0. The molecule has 0 aliphatic rings. The average molecular weight is 451 g/mol. The number of esters is 1. The van der Waals surface area contributed by atoms with Gasteiger partial charge in [0.05, 0.1) is 10.6 Å². The van der Waals surface area contributed by atoms with Gasteiger partial charge in [0.25, 0.3) is 0 Å². The maximum Gasteiger partial charge on any atom is 0.338 e. The summed E-state index contributed by atoms with van der Waals surface area (Å²) in [5.41, 5.74) is 1.50. The lowest BCUT2D eigenvalue weighted by molar-refractivity contribution is 0.0472. The third-order valence-electron chi connectivity index (χ3n) is 3.92. The molecule has 0 saturated heterocycles. The fourth-order valence-electron chi connectivity index (χ4n) is 2.41. The molecular formula is C20H16Cl2N2O4S. The van der Waals surface area contributed by atoms with Crippen molar-refractivity contribution in [3.05, 3.63) is 93.7 Å². The summed E-state index contributed by atoms with van der Waals surface area (Å²) in [6.07, 6.45) is 1.49. The molecule has 1 N–H and O–H groups in total. The number of carbonyl (C=O) groups is 1. The van der Waals surface area contributed by atoms with E-state index in [0.717, 1.165) is 5.56 Å². The Morgan fingerprint density at radius 2 is 1.76 bits per heavy atom. The predicted octanol–water partition coefficient (Wildman–Crippen LogP) is 4.22. The quantitative estimate of drug-likeness (QED) is 0.430. The Balaban J connectivity index is 1.72. The fourth-order valence-corrected chi connectivity index (χ4v) is 4.07. The number of pyridine rings is 1. The van der Waals surface area contributed by atoms with Gasteiger partial charge in [0.1, 0.15) is 16.7 Å². The minimum atomic E-state index is -3.93. The fraction of sp³-hybridized carbons (Fsp3) is 0.100. The van der Waals surface area contributed by atoms with Gasteiger partial charge in [0.15, 0.2) is 0 Å². The largest absolute Gasteiger partial charge is 0.457 e. The van der Waals surface area contributed by atoms with E-state index in [9.17, 15) is 13.2 Å². The van der Waals surface area contributed by atoms with Gasteiger partial charge in [0, 0.05) is 18.3 Å². The van der Waals surface area contributed by atoms with Crippen LogP contribution in [0.3, 0.4) is 0 Å². The number of ether oxygens (including phenoxy) is 1. The molecule has 0 spiro atoms. The molecule has 1 aromatic heterocycles. The smallest absolute Gasteiger partial charge is 0.338 e. The number of benzene rings is 2. The first kappa shape index (κ1) is 21.3. The molecule has 9 heteroatoms. The Morgan fingerprint density at radius 1 is 1.00 bits per heavy atom. The summed E-state index contributed by atoms with van der Waals surface area (Å²) in [5, 5.41) is 0.333. The number of halogens is 2. The summed E-state index contributed by atoms with van der Waals surface area (Å²) >= 11 is 11.8. The third kappa shape index (κ3) is 5.77. The van der Waals surface area contributed by atoms with Gasteiger partial charge in [-0.3, -0.25) is 0 Å². The zero-order valence-electron chi connectivity index (χ0n) is 15.0. The standard InChI is InChI=1S/C20H16Cl2N2O4S/c21-17-8-7-16(20(25)28-13-15-6-9-19(22)23-11-15)10-18(17)29(26,27)24-12-14-4-2-1-3-5-14/h1-11,24H,12-13H2. The van der Waals surface area contributed by atoms with Crippen LogP contribution < -0.4 is 4.72 Å². The highest BCUT2D eigenvalue weighted by Gasteiger charge is 2.20. The van der Waals surface area contributed by atoms with E-state index in [1.54, 1.807) is 24.3 Å². The highest BCUT2D eigenvalue weighted by Crippen LogP contribution is 2.23. The summed E-state index contributed by atoms with van der Waals surface area (Å²) in [4.78, 5) is 16.0. The normalized spacial score (nSPS) is 11.2. The van der Waals surface area contributed by atoms with Crippen LogP contribution in [0.1, 0.15) is 21.5 Å². The van der Waals surface area contributed by atoms with Crippen molar-refractivity contribution in [2.75, 3.05) is 0 Å². The second kappa shape index (κ2) is 9.37. The lowest BCUT2D eigenvalue weighted by atomic mass is 10.2. The van der Waals surface area contributed by atoms with Crippen LogP contribution in [-0.2, 0) is 27.9 Å². The van der Waals surface area contributed by atoms with Crippen LogP contribution >= 0.6 is 23.2 Å². The summed E-state index contributed by atoms with van der Waals surface area (Å²) in [7, 11) is -3.93. The molecule has 0 saturated carbocycles. The average Bonchev–Trinajstić information content (AvgIpc) is 2.72. The van der Waals surface area contributed by atoms with E-state index in [2.05, 4.69) is 9.71 Å². The van der Waals surface area contributed by atoms with E-state index in [0.29, 0.717) is 10.7 Å². The Morgan fingerprint density at radius 3 is 2.45 bits per heavy atom. The number of hydrogen-bond donors (Lipinski definition) is 1. The lowest BCUT2D eigenvalue weighted by Crippen LogP contribution is -2.24. The zero-order chi connectivity index (χ0) is 20.9. The first-order chi connectivity index (χ1) is 13.8. The van der Waals surface area contributed by atoms with Gasteiger partial charge in [-0.2, -0.15) is 0 Å². The molecule has 0 fully saturated rings. The van der Waals surface area contributed by atoms with E-state index in [1.807, 2.05) is 18.2 Å². The molecule has 29 heavy (non-hydrogen) atoms. The van der Waals surface area contributed by atoms with Crippen molar-refractivity contribution in [3.8, 4) is 0 Å². The molecule has 2 aromatic carbocycles. The van der Waals surface area contributed by atoms with Crippen LogP contribution in [0.15, 0.2) is 71.8 Å². The summed E-state index contributed by atoms with van der Waals surface area (Å²) in [6, 6.07) is 16.2. The van der Waals surface area contributed by atoms with Crippen molar-refractivity contribution in [2.45, 2.75) is 18.0 Å². The minimum absolute atomic E-state index is 0.00372. The summed E-state index contributed by atoms with van der Waals surface area (Å²) in [5.74, 6) is -0.684. The van der Waals surface area contributed by atoms with Crippen LogP contribution in [0.2, 0.25) is 10.2 Å². The molecular weight excluding hydrogens is 435 g/mol. The van der Waals surface area contributed by atoms with Crippen molar-refractivity contribution in [1.29, 1.82) is 0 Å². The number of aromatic nitrogens is 1. The van der Waals surface area contributed by atoms with Crippen LogP contribution in [0, 0.1) is 0 Å². The molecule has 150 valence electrons. The monoisotopic (exact) mass is 450 g/mol. The maximum absolute atomic E-state index is 12.6.